The second-order valence-electron chi connectivity index (χ2n) is 5.92. The van der Waals surface area contributed by atoms with Crippen LogP contribution < -0.4 is 10.1 Å². The van der Waals surface area contributed by atoms with Crippen LogP contribution in [0.4, 0.5) is 4.79 Å². The van der Waals surface area contributed by atoms with E-state index < -0.39 is 0 Å². The Labute approximate surface area is 156 Å². The highest BCUT2D eigenvalue weighted by Crippen LogP contribution is 2.17. The fourth-order valence-corrected chi connectivity index (χ4v) is 3.36. The molecular weight excluding hydrogens is 350 g/mol. The minimum absolute atomic E-state index is 0.0494. The Bertz CT molecular complexity index is 737. The zero-order chi connectivity index (χ0) is 18.2. The van der Waals surface area contributed by atoms with E-state index in [-0.39, 0.29) is 11.1 Å². The molecule has 26 heavy (non-hydrogen) atoms. The average Bonchev–Trinajstić information content (AvgIpc) is 3.09. The van der Waals surface area contributed by atoms with Crippen molar-refractivity contribution in [2.75, 3.05) is 18.8 Å². The van der Waals surface area contributed by atoms with E-state index in [1.807, 2.05) is 36.4 Å². The van der Waals surface area contributed by atoms with Crippen LogP contribution in [0, 0.1) is 0 Å². The number of aromatic nitrogens is 1. The summed E-state index contributed by atoms with van der Waals surface area (Å²) in [4.78, 5) is 29.2. The van der Waals surface area contributed by atoms with Crippen molar-refractivity contribution >= 4 is 22.9 Å². The third-order valence-corrected chi connectivity index (χ3v) is 4.89. The number of nitrogens with one attached hydrogen (secondary N) is 1. The fourth-order valence-electron chi connectivity index (χ4n) is 2.51. The van der Waals surface area contributed by atoms with Gasteiger partial charge in [-0.2, -0.15) is 0 Å². The SMILES string of the molecule is O=C(CCN1CCSC1=O)NCc1ccc(OCc2cccnc2)cc1. The monoisotopic (exact) mass is 371 g/mol. The molecule has 7 heteroatoms. The summed E-state index contributed by atoms with van der Waals surface area (Å²) in [6.45, 7) is 2.15. The lowest BCUT2D eigenvalue weighted by Crippen LogP contribution is -2.30. The van der Waals surface area contributed by atoms with Gasteiger partial charge in [-0.25, -0.2) is 0 Å². The molecule has 0 bridgehead atoms. The van der Waals surface area contributed by atoms with Gasteiger partial charge in [0.05, 0.1) is 0 Å². The van der Waals surface area contributed by atoms with Crippen LogP contribution in [0.25, 0.3) is 0 Å². The molecule has 0 atom stereocenters. The molecule has 1 aromatic carbocycles. The number of ether oxygens (including phenoxy) is 1. The number of carbonyl (C=O) groups is 2. The number of rotatable bonds is 8. The maximum Gasteiger partial charge on any atom is 0.281 e. The van der Waals surface area contributed by atoms with Crippen LogP contribution in [0.1, 0.15) is 17.5 Å². The molecule has 0 saturated carbocycles. The molecule has 2 aromatic rings. The summed E-state index contributed by atoms with van der Waals surface area (Å²) in [5.41, 5.74) is 2.01. The van der Waals surface area contributed by atoms with Crippen LogP contribution in [0.3, 0.4) is 0 Å². The highest BCUT2D eigenvalue weighted by molar-refractivity contribution is 8.13. The summed E-state index contributed by atoms with van der Waals surface area (Å²) >= 11 is 1.31. The number of hydrogen-bond acceptors (Lipinski definition) is 5. The van der Waals surface area contributed by atoms with Crippen molar-refractivity contribution in [2.24, 2.45) is 0 Å². The average molecular weight is 371 g/mol. The maximum absolute atomic E-state index is 11.9. The van der Waals surface area contributed by atoms with Crippen molar-refractivity contribution in [1.29, 1.82) is 0 Å². The summed E-state index contributed by atoms with van der Waals surface area (Å²) in [5.74, 6) is 1.54. The van der Waals surface area contributed by atoms with E-state index >= 15 is 0 Å². The Morgan fingerprint density at radius 3 is 2.77 bits per heavy atom. The molecule has 1 N–H and O–H groups in total. The van der Waals surface area contributed by atoms with Crippen LogP contribution in [-0.4, -0.2) is 39.9 Å². The van der Waals surface area contributed by atoms with E-state index in [0.29, 0.717) is 26.1 Å². The van der Waals surface area contributed by atoms with Gasteiger partial charge in [0.15, 0.2) is 0 Å². The van der Waals surface area contributed by atoms with Gasteiger partial charge in [0.2, 0.25) is 5.91 Å². The lowest BCUT2D eigenvalue weighted by atomic mass is 10.2. The molecule has 3 rings (SSSR count). The molecule has 136 valence electrons. The molecule has 1 fully saturated rings. The van der Waals surface area contributed by atoms with E-state index in [1.165, 1.54) is 11.8 Å². The first-order valence-corrected chi connectivity index (χ1v) is 9.48. The van der Waals surface area contributed by atoms with Crippen LogP contribution >= 0.6 is 11.8 Å². The predicted octanol–water partition coefficient (Wildman–Crippen LogP) is 2.84. The van der Waals surface area contributed by atoms with E-state index in [9.17, 15) is 9.59 Å². The molecule has 2 heterocycles. The molecule has 1 aliphatic heterocycles. The molecule has 1 aliphatic rings. The summed E-state index contributed by atoms with van der Waals surface area (Å²) < 4.78 is 5.71. The normalized spacial score (nSPS) is 13.7. The van der Waals surface area contributed by atoms with Crippen LogP contribution in [0.5, 0.6) is 5.75 Å². The second kappa shape index (κ2) is 9.24. The molecule has 0 spiro atoms. The van der Waals surface area contributed by atoms with Gasteiger partial charge in [-0.1, -0.05) is 30.0 Å². The quantitative estimate of drug-likeness (QED) is 0.773. The summed E-state index contributed by atoms with van der Waals surface area (Å²) in [6, 6.07) is 11.5. The first kappa shape index (κ1) is 18.3. The van der Waals surface area contributed by atoms with Gasteiger partial charge >= 0.3 is 0 Å². The fraction of sp³-hybridized carbons (Fsp3) is 0.316. The smallest absolute Gasteiger partial charge is 0.281 e. The van der Waals surface area contributed by atoms with Gasteiger partial charge in [0.25, 0.3) is 5.24 Å². The molecule has 0 radical (unpaired) electrons. The van der Waals surface area contributed by atoms with E-state index in [2.05, 4.69) is 10.3 Å². The van der Waals surface area contributed by atoms with Gasteiger partial charge in [0.1, 0.15) is 12.4 Å². The molecule has 1 aromatic heterocycles. The molecule has 6 nitrogen and oxygen atoms in total. The number of hydrogen-bond donors (Lipinski definition) is 1. The Morgan fingerprint density at radius 2 is 2.08 bits per heavy atom. The standard InChI is InChI=1S/C19H21N3O3S/c23-18(7-9-22-10-11-26-19(22)24)21-13-15-3-5-17(6-4-15)25-14-16-2-1-8-20-12-16/h1-6,8,12H,7,9-11,13-14H2,(H,21,23). The third kappa shape index (κ3) is 5.49. The van der Waals surface area contributed by atoms with Crippen molar-refractivity contribution < 1.29 is 14.3 Å². The van der Waals surface area contributed by atoms with E-state index in [4.69, 9.17) is 4.74 Å². The van der Waals surface area contributed by atoms with Gasteiger partial charge < -0.3 is 15.0 Å². The lowest BCUT2D eigenvalue weighted by molar-refractivity contribution is -0.121. The van der Waals surface area contributed by atoms with Gasteiger partial charge in [-0.05, 0) is 23.8 Å². The first-order chi connectivity index (χ1) is 12.7. The number of pyridine rings is 1. The highest BCUT2D eigenvalue weighted by atomic mass is 32.2. The molecular formula is C19H21N3O3S. The van der Waals surface area contributed by atoms with Crippen molar-refractivity contribution in [3.05, 3.63) is 59.9 Å². The number of nitrogens with zero attached hydrogens (tertiary/aromatic N) is 2. The van der Waals surface area contributed by atoms with Crippen molar-refractivity contribution in [3.8, 4) is 5.75 Å². The first-order valence-electron chi connectivity index (χ1n) is 8.50. The Hall–Kier alpha value is -2.54. The Kier molecular flexibility index (Phi) is 6.49. The largest absolute Gasteiger partial charge is 0.489 e. The molecule has 1 saturated heterocycles. The third-order valence-electron chi connectivity index (χ3n) is 4.00. The minimum atomic E-state index is -0.0494. The highest BCUT2D eigenvalue weighted by Gasteiger charge is 2.21. The minimum Gasteiger partial charge on any atom is -0.489 e. The predicted molar refractivity (Wildman–Crippen MR) is 101 cm³/mol. The second-order valence-corrected chi connectivity index (χ2v) is 6.97. The number of amides is 2. The van der Waals surface area contributed by atoms with Crippen molar-refractivity contribution in [3.63, 3.8) is 0 Å². The zero-order valence-corrected chi connectivity index (χ0v) is 15.2. The number of carbonyl (C=O) groups excluding carboxylic acids is 2. The van der Waals surface area contributed by atoms with Crippen molar-refractivity contribution in [1.82, 2.24) is 15.2 Å². The van der Waals surface area contributed by atoms with Gasteiger partial charge in [0, 0.05) is 49.8 Å². The molecule has 0 aliphatic carbocycles. The Balaban J connectivity index is 1.38. The topological polar surface area (TPSA) is 71.5 Å². The van der Waals surface area contributed by atoms with Crippen LogP contribution in [-0.2, 0) is 17.9 Å². The summed E-state index contributed by atoms with van der Waals surface area (Å²) in [6.07, 6.45) is 3.84. The summed E-state index contributed by atoms with van der Waals surface area (Å²) in [5, 5.41) is 2.95. The molecule has 0 unspecified atom stereocenters. The van der Waals surface area contributed by atoms with Crippen LogP contribution in [0.15, 0.2) is 48.8 Å². The Morgan fingerprint density at radius 1 is 1.23 bits per heavy atom. The van der Waals surface area contributed by atoms with E-state index in [0.717, 1.165) is 29.2 Å². The van der Waals surface area contributed by atoms with Gasteiger partial charge in [-0.3, -0.25) is 14.6 Å². The van der Waals surface area contributed by atoms with Crippen LogP contribution in [0.2, 0.25) is 0 Å². The summed E-state index contributed by atoms with van der Waals surface area (Å²) in [7, 11) is 0. The number of thioether (sulfide) groups is 1. The zero-order valence-electron chi connectivity index (χ0n) is 14.4. The molecule has 2 amide bonds. The van der Waals surface area contributed by atoms with Gasteiger partial charge in [-0.15, -0.1) is 0 Å². The maximum atomic E-state index is 11.9. The van der Waals surface area contributed by atoms with E-state index in [1.54, 1.807) is 17.3 Å². The lowest BCUT2D eigenvalue weighted by Gasteiger charge is -2.14. The van der Waals surface area contributed by atoms with Crippen molar-refractivity contribution in [2.45, 2.75) is 19.6 Å². The number of benzene rings is 1.